The third-order valence-electron chi connectivity index (χ3n) is 6.56. The molecule has 224 valence electrons. The molecule has 0 aromatic rings. The third kappa shape index (κ3) is 11.0. The predicted molar refractivity (Wildman–Crippen MR) is 153 cm³/mol. The van der Waals surface area contributed by atoms with E-state index in [1.54, 1.807) is 7.05 Å². The Balaban J connectivity index is 0.00000882. The quantitative estimate of drug-likeness (QED) is 0.0600. The molecule has 1 heterocycles. The molecule has 1 saturated carbocycles. The summed E-state index contributed by atoms with van der Waals surface area (Å²) in [6.45, 7) is 17.4. The average molecular weight is 810 g/mol. The van der Waals surface area contributed by atoms with Crippen LogP contribution in [0.15, 0.2) is 71.2 Å². The zero-order valence-electron chi connectivity index (χ0n) is 23.9. The number of hydrogen-bond acceptors (Lipinski definition) is 7. The summed E-state index contributed by atoms with van der Waals surface area (Å²) >= 11 is 0. The minimum atomic E-state index is -4.57. The van der Waals surface area contributed by atoms with Gasteiger partial charge in [0, 0.05) is 49.4 Å². The summed E-state index contributed by atoms with van der Waals surface area (Å²) in [6, 6.07) is 0.469. The van der Waals surface area contributed by atoms with Gasteiger partial charge in [-0.1, -0.05) is 38.7 Å². The van der Waals surface area contributed by atoms with Crippen molar-refractivity contribution in [3.63, 3.8) is 0 Å². The van der Waals surface area contributed by atoms with Crippen molar-refractivity contribution in [2.45, 2.75) is 45.3 Å². The van der Waals surface area contributed by atoms with Crippen LogP contribution in [0.25, 0.3) is 0 Å². The summed E-state index contributed by atoms with van der Waals surface area (Å²) in [4.78, 5) is 31.1. The molecular weight excluding hydrogens is 773 g/mol. The SMILES string of the molecule is [CH-]=C(N=[C-]C(/C=C\C=C)=C/C(=C)C(=N)CC(F)(F)F)C(=O)N/C(=C/NC)C(=N)N1CC(CNC2CC2)C(C)(C)C1=O.[U+2]. The first-order valence-electron chi connectivity index (χ1n) is 12.9. The maximum absolute atomic E-state index is 13.2. The molecule has 0 aromatic carbocycles. The van der Waals surface area contributed by atoms with E-state index in [1.807, 2.05) is 13.8 Å². The van der Waals surface area contributed by atoms with Gasteiger partial charge >= 0.3 is 37.3 Å². The maximum Gasteiger partial charge on any atom is 2.00 e. The number of carbonyl (C=O) groups excluding carboxylic acids is 2. The summed E-state index contributed by atoms with van der Waals surface area (Å²) in [6.07, 6.45) is 5.34. The van der Waals surface area contributed by atoms with Crippen LogP contribution < -0.4 is 16.0 Å². The summed E-state index contributed by atoms with van der Waals surface area (Å²) in [5, 5.41) is 24.9. The number of amides is 2. The van der Waals surface area contributed by atoms with Crippen molar-refractivity contribution >= 4 is 29.6 Å². The number of alkyl halides is 3. The Labute approximate surface area is 268 Å². The number of allylic oxidation sites excluding steroid dienone is 6. The van der Waals surface area contributed by atoms with Crippen molar-refractivity contribution in [2.75, 3.05) is 20.1 Å². The normalized spacial score (nSPS) is 19.0. The van der Waals surface area contributed by atoms with Gasteiger partial charge in [-0.3, -0.25) is 15.1 Å². The number of likely N-dealkylation sites (tertiary alicyclic amines) is 1. The monoisotopic (exact) mass is 809 g/mol. The molecule has 1 aliphatic carbocycles. The maximum atomic E-state index is 13.2. The van der Waals surface area contributed by atoms with Gasteiger partial charge in [0.05, 0.1) is 18.0 Å². The second kappa shape index (κ2) is 16.0. The van der Waals surface area contributed by atoms with Gasteiger partial charge in [0.1, 0.15) is 0 Å². The van der Waals surface area contributed by atoms with Crippen molar-refractivity contribution in [3.05, 3.63) is 72.8 Å². The largest absolute Gasteiger partial charge is 2.00 e. The zero-order chi connectivity index (χ0) is 31.0. The molecular formula is C29H36F3N7O2U. The molecule has 5 N–H and O–H groups in total. The molecule has 2 fully saturated rings. The summed E-state index contributed by atoms with van der Waals surface area (Å²) in [5.41, 5.74) is -2.21. The third-order valence-corrected chi connectivity index (χ3v) is 6.56. The standard InChI is InChI=1S/C29H36F3N7O2.U/c1-7-8-9-20(12-18(2)23(33)13-29(30,31)32)14-36-19(3)26(40)38-24(16-35-6)25(34)39-17-21(15-37-22-10-11-22)28(4,5)27(39)41;/h3,7-9,12,16,21-22,33-35,37H,1-2,10-11,13,15,17H2,4-6H3,(H,38,40);/q-2;+2/b9-8-,20-12+,24-16+,33-23?,34-25?;. The number of nitrogens with one attached hydrogen (secondary N) is 5. The number of nitrogens with zero attached hydrogens (tertiary/aromatic N) is 2. The number of halogens is 3. The van der Waals surface area contributed by atoms with E-state index < -0.39 is 35.3 Å². The van der Waals surface area contributed by atoms with E-state index in [-0.39, 0.29) is 65.6 Å². The van der Waals surface area contributed by atoms with E-state index in [2.05, 4.69) is 40.3 Å². The van der Waals surface area contributed by atoms with Crippen LogP contribution in [-0.2, 0) is 9.59 Å². The van der Waals surface area contributed by atoms with E-state index in [9.17, 15) is 22.8 Å². The molecule has 1 unspecified atom stereocenters. The molecule has 13 heteroatoms. The van der Waals surface area contributed by atoms with Crippen molar-refractivity contribution in [1.82, 2.24) is 20.9 Å². The molecule has 9 nitrogen and oxygen atoms in total. The smallest absolute Gasteiger partial charge is 0.403 e. The van der Waals surface area contributed by atoms with Crippen LogP contribution in [0, 0.1) is 59.8 Å². The van der Waals surface area contributed by atoms with Crippen LogP contribution in [0.1, 0.15) is 33.1 Å². The molecule has 2 amide bonds. The Kier molecular flexibility index (Phi) is 14.1. The zero-order valence-corrected chi connectivity index (χ0v) is 28.1. The van der Waals surface area contributed by atoms with Crippen LogP contribution in [0.2, 0.25) is 0 Å². The van der Waals surface area contributed by atoms with Crippen LogP contribution in [0.3, 0.4) is 0 Å². The molecule has 1 aliphatic heterocycles. The molecule has 0 spiro atoms. The number of carbonyl (C=O) groups is 2. The van der Waals surface area contributed by atoms with E-state index in [0.29, 0.717) is 19.1 Å². The molecule has 0 bridgehead atoms. The topological polar surface area (TPSA) is 134 Å². The molecule has 1 saturated heterocycles. The van der Waals surface area contributed by atoms with Gasteiger partial charge in [-0.25, -0.2) is 0 Å². The van der Waals surface area contributed by atoms with E-state index in [4.69, 9.17) is 17.4 Å². The Morgan fingerprint density at radius 2 is 1.95 bits per heavy atom. The first kappa shape index (κ1) is 37.0. The Morgan fingerprint density at radius 3 is 2.50 bits per heavy atom. The van der Waals surface area contributed by atoms with Crippen LogP contribution in [0.4, 0.5) is 13.2 Å². The fraction of sp³-hybridized carbons (Fsp3) is 0.414. The van der Waals surface area contributed by atoms with Crippen molar-refractivity contribution in [1.29, 1.82) is 10.8 Å². The first-order valence-corrected chi connectivity index (χ1v) is 12.9. The predicted octanol–water partition coefficient (Wildman–Crippen LogP) is 3.84. The molecule has 42 heavy (non-hydrogen) atoms. The molecule has 0 radical (unpaired) electrons. The second-order valence-electron chi connectivity index (χ2n) is 10.3. The van der Waals surface area contributed by atoms with Gasteiger partial charge in [-0.05, 0) is 19.1 Å². The molecule has 0 aromatic heterocycles. The van der Waals surface area contributed by atoms with Crippen LogP contribution >= 0.6 is 0 Å². The Bertz CT molecular complexity index is 1230. The van der Waals surface area contributed by atoms with E-state index in [1.165, 1.54) is 29.3 Å². The summed E-state index contributed by atoms with van der Waals surface area (Å²) in [7, 11) is 1.56. The average Bonchev–Trinajstić information content (AvgIpc) is 3.68. The van der Waals surface area contributed by atoms with Gasteiger partial charge in [0.2, 0.25) is 5.91 Å². The number of rotatable bonds is 14. The number of amidine groups is 1. The number of aliphatic imine (C=N–C) groups is 1. The minimum absolute atomic E-state index is 0. The fourth-order valence-corrected chi connectivity index (χ4v) is 3.86. The molecule has 2 aliphatic rings. The Morgan fingerprint density at radius 1 is 1.31 bits per heavy atom. The summed E-state index contributed by atoms with van der Waals surface area (Å²) in [5.74, 6) is -1.42. The van der Waals surface area contributed by atoms with E-state index >= 15 is 0 Å². The first-order chi connectivity index (χ1) is 19.1. The fourth-order valence-electron chi connectivity index (χ4n) is 3.86. The van der Waals surface area contributed by atoms with Crippen LogP contribution in [-0.4, -0.2) is 66.8 Å². The molecule has 2 rings (SSSR count). The molecule has 1 atom stereocenters. The van der Waals surface area contributed by atoms with Crippen LogP contribution in [0.5, 0.6) is 0 Å². The van der Waals surface area contributed by atoms with Crippen molar-refractivity contribution in [2.24, 2.45) is 16.3 Å². The second-order valence-corrected chi connectivity index (χ2v) is 10.3. The Hall–Kier alpha value is -3.01. The number of hydrogen-bond donors (Lipinski definition) is 5. The van der Waals surface area contributed by atoms with Gasteiger partial charge in [-0.2, -0.15) is 13.2 Å². The van der Waals surface area contributed by atoms with Gasteiger partial charge in [-0.15, -0.1) is 29.5 Å². The van der Waals surface area contributed by atoms with Gasteiger partial charge in [0.15, 0.2) is 5.84 Å². The minimum Gasteiger partial charge on any atom is -0.403 e. The van der Waals surface area contributed by atoms with Gasteiger partial charge in [0.25, 0.3) is 0 Å². The van der Waals surface area contributed by atoms with E-state index in [0.717, 1.165) is 18.9 Å². The van der Waals surface area contributed by atoms with Crippen molar-refractivity contribution in [3.8, 4) is 0 Å². The van der Waals surface area contributed by atoms with Gasteiger partial charge < -0.3 is 37.7 Å². The summed E-state index contributed by atoms with van der Waals surface area (Å²) < 4.78 is 37.9. The van der Waals surface area contributed by atoms with Crippen molar-refractivity contribution < 1.29 is 53.9 Å².